The zero-order valence-corrected chi connectivity index (χ0v) is 15.0. The Morgan fingerprint density at radius 1 is 1.33 bits per heavy atom. The fraction of sp³-hybridized carbons (Fsp3) is 0.579. The lowest BCUT2D eigenvalue weighted by molar-refractivity contribution is -0.139. The van der Waals surface area contributed by atoms with Crippen LogP contribution in [0.1, 0.15) is 37.3 Å². The van der Waals surface area contributed by atoms with Crippen LogP contribution in [0.2, 0.25) is 0 Å². The maximum atomic E-state index is 12.7. The molecule has 1 aromatic carbocycles. The summed E-state index contributed by atoms with van der Waals surface area (Å²) < 4.78 is 5.10. The second kappa shape index (κ2) is 8.83. The lowest BCUT2D eigenvalue weighted by atomic mass is 10.1. The standard InChI is InChI=1S/C19H28N2O3/c1-15-5-8-17(9-6-15)13-20(11-4-12-24-3)19(23)14-21-16(2)7-10-18(21)22/h5-6,8-9,16H,4,7,10-14H2,1-3H3/t16-/m0/s1. The third-order valence-electron chi connectivity index (χ3n) is 4.56. The Bertz CT molecular complexity index is 556. The van der Waals surface area contributed by atoms with Gasteiger partial charge in [-0.3, -0.25) is 9.59 Å². The number of carbonyl (C=O) groups is 2. The second-order valence-electron chi connectivity index (χ2n) is 6.56. The van der Waals surface area contributed by atoms with Crippen molar-refractivity contribution in [2.75, 3.05) is 26.8 Å². The molecule has 0 N–H and O–H groups in total. The Kier molecular flexibility index (Phi) is 6.79. The van der Waals surface area contributed by atoms with Gasteiger partial charge in [0.2, 0.25) is 11.8 Å². The molecule has 5 heteroatoms. The molecule has 1 saturated heterocycles. The maximum absolute atomic E-state index is 12.7. The number of hydrogen-bond donors (Lipinski definition) is 0. The summed E-state index contributed by atoms with van der Waals surface area (Å²) in [4.78, 5) is 28.2. The molecular weight excluding hydrogens is 304 g/mol. The number of methoxy groups -OCH3 is 1. The Labute approximate surface area is 144 Å². The van der Waals surface area contributed by atoms with Gasteiger partial charge in [-0.15, -0.1) is 0 Å². The van der Waals surface area contributed by atoms with Crippen molar-refractivity contribution in [1.29, 1.82) is 0 Å². The Morgan fingerprint density at radius 2 is 2.04 bits per heavy atom. The van der Waals surface area contributed by atoms with Crippen molar-refractivity contribution >= 4 is 11.8 Å². The van der Waals surface area contributed by atoms with Crippen LogP contribution in [-0.4, -0.2) is 54.5 Å². The molecule has 5 nitrogen and oxygen atoms in total. The van der Waals surface area contributed by atoms with Crippen LogP contribution in [0.3, 0.4) is 0 Å². The third-order valence-corrected chi connectivity index (χ3v) is 4.56. The van der Waals surface area contributed by atoms with E-state index in [0.717, 1.165) is 18.4 Å². The number of amides is 2. The molecule has 0 saturated carbocycles. The number of benzene rings is 1. The summed E-state index contributed by atoms with van der Waals surface area (Å²) in [6.45, 7) is 6.06. The van der Waals surface area contributed by atoms with Crippen LogP contribution in [0.25, 0.3) is 0 Å². The summed E-state index contributed by atoms with van der Waals surface area (Å²) in [5.41, 5.74) is 2.31. The van der Waals surface area contributed by atoms with Crippen molar-refractivity contribution in [3.8, 4) is 0 Å². The van der Waals surface area contributed by atoms with E-state index in [1.165, 1.54) is 5.56 Å². The van der Waals surface area contributed by atoms with Gasteiger partial charge in [0.25, 0.3) is 0 Å². The highest BCUT2D eigenvalue weighted by Gasteiger charge is 2.30. The average molecular weight is 332 g/mol. The molecule has 2 rings (SSSR count). The van der Waals surface area contributed by atoms with Gasteiger partial charge in [-0.2, -0.15) is 0 Å². The van der Waals surface area contributed by atoms with Crippen LogP contribution in [-0.2, 0) is 20.9 Å². The molecule has 1 fully saturated rings. The minimum atomic E-state index is 0.00813. The largest absolute Gasteiger partial charge is 0.385 e. The van der Waals surface area contributed by atoms with E-state index in [0.29, 0.717) is 26.1 Å². The molecule has 0 aliphatic carbocycles. The highest BCUT2D eigenvalue weighted by molar-refractivity contribution is 5.86. The van der Waals surface area contributed by atoms with E-state index >= 15 is 0 Å². The summed E-state index contributed by atoms with van der Waals surface area (Å²) in [5, 5.41) is 0. The number of carbonyl (C=O) groups excluding carboxylic acids is 2. The van der Waals surface area contributed by atoms with E-state index in [9.17, 15) is 9.59 Å². The van der Waals surface area contributed by atoms with E-state index in [2.05, 4.69) is 24.3 Å². The number of aryl methyl sites for hydroxylation is 1. The normalized spacial score (nSPS) is 17.4. The van der Waals surface area contributed by atoms with E-state index in [1.54, 1.807) is 12.0 Å². The van der Waals surface area contributed by atoms with Gasteiger partial charge in [0, 0.05) is 39.3 Å². The molecule has 132 valence electrons. The summed E-state index contributed by atoms with van der Waals surface area (Å²) in [6.07, 6.45) is 2.18. The van der Waals surface area contributed by atoms with Gasteiger partial charge in [-0.05, 0) is 32.3 Å². The van der Waals surface area contributed by atoms with Crippen LogP contribution in [0.15, 0.2) is 24.3 Å². The van der Waals surface area contributed by atoms with Gasteiger partial charge < -0.3 is 14.5 Å². The number of rotatable bonds is 8. The van der Waals surface area contributed by atoms with Crippen molar-refractivity contribution in [1.82, 2.24) is 9.80 Å². The molecular formula is C19H28N2O3. The van der Waals surface area contributed by atoms with E-state index in [4.69, 9.17) is 4.74 Å². The number of nitrogens with zero attached hydrogens (tertiary/aromatic N) is 2. The van der Waals surface area contributed by atoms with Crippen LogP contribution >= 0.6 is 0 Å². The molecule has 1 heterocycles. The first-order valence-corrected chi connectivity index (χ1v) is 8.63. The lowest BCUT2D eigenvalue weighted by Gasteiger charge is -2.27. The third kappa shape index (κ3) is 5.06. The second-order valence-corrected chi connectivity index (χ2v) is 6.56. The van der Waals surface area contributed by atoms with Crippen LogP contribution in [0.5, 0.6) is 0 Å². The van der Waals surface area contributed by atoms with Gasteiger partial charge >= 0.3 is 0 Å². The average Bonchev–Trinajstić information content (AvgIpc) is 2.88. The smallest absolute Gasteiger partial charge is 0.242 e. The molecule has 0 unspecified atom stereocenters. The zero-order chi connectivity index (χ0) is 17.5. The number of ether oxygens (including phenoxy) is 1. The molecule has 0 radical (unpaired) electrons. The molecule has 0 spiro atoms. The molecule has 0 bridgehead atoms. The molecule has 2 amide bonds. The minimum absolute atomic E-state index is 0.00813. The van der Waals surface area contributed by atoms with Crippen molar-refractivity contribution < 1.29 is 14.3 Å². The van der Waals surface area contributed by atoms with Gasteiger partial charge in [0.05, 0.1) is 6.54 Å². The molecule has 0 aromatic heterocycles. The van der Waals surface area contributed by atoms with E-state index in [-0.39, 0.29) is 24.4 Å². The van der Waals surface area contributed by atoms with Gasteiger partial charge in [-0.25, -0.2) is 0 Å². The first-order chi connectivity index (χ1) is 11.5. The van der Waals surface area contributed by atoms with Crippen LogP contribution < -0.4 is 0 Å². The first kappa shape index (κ1) is 18.5. The van der Waals surface area contributed by atoms with Crippen molar-refractivity contribution in [3.63, 3.8) is 0 Å². The number of likely N-dealkylation sites (tertiary alicyclic amines) is 1. The molecule has 1 aliphatic heterocycles. The summed E-state index contributed by atoms with van der Waals surface area (Å²) in [6, 6.07) is 8.37. The highest BCUT2D eigenvalue weighted by atomic mass is 16.5. The summed E-state index contributed by atoms with van der Waals surface area (Å²) in [5.74, 6) is 0.0943. The fourth-order valence-electron chi connectivity index (χ4n) is 2.97. The minimum Gasteiger partial charge on any atom is -0.385 e. The van der Waals surface area contributed by atoms with Crippen molar-refractivity contribution in [2.24, 2.45) is 0 Å². The Hall–Kier alpha value is -1.88. The maximum Gasteiger partial charge on any atom is 0.242 e. The van der Waals surface area contributed by atoms with E-state index < -0.39 is 0 Å². The fourth-order valence-corrected chi connectivity index (χ4v) is 2.97. The summed E-state index contributed by atoms with van der Waals surface area (Å²) in [7, 11) is 1.66. The predicted octanol–water partition coefficient (Wildman–Crippen LogP) is 2.37. The lowest BCUT2D eigenvalue weighted by Crippen LogP contribution is -2.43. The summed E-state index contributed by atoms with van der Waals surface area (Å²) >= 11 is 0. The van der Waals surface area contributed by atoms with Gasteiger partial charge in [0.15, 0.2) is 0 Å². The highest BCUT2D eigenvalue weighted by Crippen LogP contribution is 2.18. The van der Waals surface area contributed by atoms with Gasteiger partial charge in [-0.1, -0.05) is 29.8 Å². The monoisotopic (exact) mass is 332 g/mol. The molecule has 24 heavy (non-hydrogen) atoms. The Morgan fingerprint density at radius 3 is 2.62 bits per heavy atom. The quantitative estimate of drug-likeness (QED) is 0.687. The molecule has 1 aromatic rings. The molecule has 1 atom stereocenters. The van der Waals surface area contributed by atoms with Crippen molar-refractivity contribution in [3.05, 3.63) is 35.4 Å². The van der Waals surface area contributed by atoms with Crippen LogP contribution in [0.4, 0.5) is 0 Å². The van der Waals surface area contributed by atoms with E-state index in [1.807, 2.05) is 18.7 Å². The number of hydrogen-bond acceptors (Lipinski definition) is 3. The zero-order valence-electron chi connectivity index (χ0n) is 15.0. The SMILES string of the molecule is COCCCN(Cc1ccc(C)cc1)C(=O)CN1C(=O)CC[C@@H]1C. The van der Waals surface area contributed by atoms with Crippen LogP contribution in [0, 0.1) is 6.92 Å². The first-order valence-electron chi connectivity index (χ1n) is 8.63. The predicted molar refractivity (Wildman–Crippen MR) is 93.5 cm³/mol. The Balaban J connectivity index is 2.02. The van der Waals surface area contributed by atoms with Crippen molar-refractivity contribution in [2.45, 2.75) is 45.7 Å². The van der Waals surface area contributed by atoms with Gasteiger partial charge in [0.1, 0.15) is 0 Å². The molecule has 1 aliphatic rings. The topological polar surface area (TPSA) is 49.9 Å².